The first-order chi connectivity index (χ1) is 7.88. The number of aliphatic carboxylic acids is 1. The lowest BCUT2D eigenvalue weighted by Crippen LogP contribution is -2.57. The maximum atomic E-state index is 11.9. The van der Waals surface area contributed by atoms with E-state index >= 15 is 0 Å². The van der Waals surface area contributed by atoms with Gasteiger partial charge in [0, 0.05) is 6.54 Å². The van der Waals surface area contributed by atoms with Crippen LogP contribution in [0.2, 0.25) is 0 Å². The van der Waals surface area contributed by atoms with Gasteiger partial charge in [0.2, 0.25) is 0 Å². The highest BCUT2D eigenvalue weighted by Gasteiger charge is 2.44. The predicted octanol–water partition coefficient (Wildman–Crippen LogP) is 2.11. The van der Waals surface area contributed by atoms with Crippen molar-refractivity contribution < 1.29 is 19.4 Å². The van der Waals surface area contributed by atoms with Gasteiger partial charge in [0.05, 0.1) is 6.61 Å². The summed E-state index contributed by atoms with van der Waals surface area (Å²) in [4.78, 5) is 24.5. The van der Waals surface area contributed by atoms with Crippen LogP contribution < -0.4 is 0 Å². The number of nitrogens with zero attached hydrogens (tertiary/aromatic N) is 1. The molecule has 98 valence electrons. The van der Waals surface area contributed by atoms with Crippen LogP contribution in [0.4, 0.5) is 4.79 Å². The molecule has 1 aliphatic rings. The molecule has 0 radical (unpaired) electrons. The maximum absolute atomic E-state index is 11.9. The van der Waals surface area contributed by atoms with Gasteiger partial charge in [0.1, 0.15) is 5.54 Å². The van der Waals surface area contributed by atoms with Crippen LogP contribution in [0.1, 0.15) is 40.0 Å². The lowest BCUT2D eigenvalue weighted by atomic mass is 9.89. The monoisotopic (exact) mass is 243 g/mol. The van der Waals surface area contributed by atoms with Gasteiger partial charge < -0.3 is 9.84 Å². The fraction of sp³-hybridized carbons (Fsp3) is 0.833. The molecule has 5 heteroatoms. The highest BCUT2D eigenvalue weighted by molar-refractivity contribution is 5.84. The van der Waals surface area contributed by atoms with E-state index in [-0.39, 0.29) is 5.92 Å². The standard InChI is InChI=1S/C12H21NO4/c1-9(2)8-17-11(16)13-7-5-4-6-12(13,3)10(14)15/h9H,4-8H2,1-3H3,(H,14,15). The molecule has 1 aliphatic heterocycles. The highest BCUT2D eigenvalue weighted by atomic mass is 16.6. The molecular formula is C12H21NO4. The van der Waals surface area contributed by atoms with Gasteiger partial charge in [0.25, 0.3) is 0 Å². The van der Waals surface area contributed by atoms with Crippen LogP contribution in [0, 0.1) is 5.92 Å². The Kier molecular flexibility index (Phi) is 4.37. The van der Waals surface area contributed by atoms with Crippen molar-refractivity contribution in [2.75, 3.05) is 13.2 Å². The lowest BCUT2D eigenvalue weighted by molar-refractivity contribution is -0.151. The Labute approximate surface area is 102 Å². The van der Waals surface area contributed by atoms with Gasteiger partial charge in [-0.3, -0.25) is 4.90 Å². The molecule has 0 aromatic rings. The first-order valence-electron chi connectivity index (χ1n) is 6.05. The Morgan fingerprint density at radius 3 is 2.59 bits per heavy atom. The highest BCUT2D eigenvalue weighted by Crippen LogP contribution is 2.28. The van der Waals surface area contributed by atoms with Gasteiger partial charge in [-0.2, -0.15) is 0 Å². The predicted molar refractivity (Wildman–Crippen MR) is 62.8 cm³/mol. The molecule has 1 unspecified atom stereocenters. The van der Waals surface area contributed by atoms with E-state index in [9.17, 15) is 14.7 Å². The molecule has 0 bridgehead atoms. The number of piperidine rings is 1. The second-order valence-corrected chi connectivity index (χ2v) is 5.16. The van der Waals surface area contributed by atoms with E-state index in [2.05, 4.69) is 0 Å². The summed E-state index contributed by atoms with van der Waals surface area (Å²) in [5.74, 6) is -0.710. The Morgan fingerprint density at radius 2 is 2.06 bits per heavy atom. The Bertz CT molecular complexity index is 303. The second kappa shape index (κ2) is 5.38. The zero-order valence-electron chi connectivity index (χ0n) is 10.7. The number of likely N-dealkylation sites (tertiary alicyclic amines) is 1. The SMILES string of the molecule is CC(C)COC(=O)N1CCCCC1(C)C(=O)O. The van der Waals surface area contributed by atoms with Crippen molar-refractivity contribution in [2.24, 2.45) is 5.92 Å². The molecular weight excluding hydrogens is 222 g/mol. The van der Waals surface area contributed by atoms with Crippen molar-refractivity contribution in [1.82, 2.24) is 4.90 Å². The molecule has 1 heterocycles. The largest absolute Gasteiger partial charge is 0.480 e. The normalized spacial score (nSPS) is 24.8. The van der Waals surface area contributed by atoms with Crippen LogP contribution in [0.15, 0.2) is 0 Å². The molecule has 1 rings (SSSR count). The van der Waals surface area contributed by atoms with Crippen LogP contribution in [-0.4, -0.2) is 40.8 Å². The first kappa shape index (κ1) is 13.8. The van der Waals surface area contributed by atoms with Gasteiger partial charge in [0.15, 0.2) is 0 Å². The van der Waals surface area contributed by atoms with E-state index in [1.807, 2.05) is 13.8 Å². The van der Waals surface area contributed by atoms with E-state index in [4.69, 9.17) is 4.74 Å². The molecule has 1 amide bonds. The van der Waals surface area contributed by atoms with E-state index in [0.29, 0.717) is 19.6 Å². The summed E-state index contributed by atoms with van der Waals surface area (Å²) in [5, 5.41) is 9.24. The van der Waals surface area contributed by atoms with Crippen molar-refractivity contribution in [2.45, 2.75) is 45.6 Å². The van der Waals surface area contributed by atoms with Crippen LogP contribution in [0.3, 0.4) is 0 Å². The van der Waals surface area contributed by atoms with Gasteiger partial charge >= 0.3 is 12.1 Å². The fourth-order valence-electron chi connectivity index (χ4n) is 1.95. The number of hydrogen-bond acceptors (Lipinski definition) is 3. The topological polar surface area (TPSA) is 66.8 Å². The van der Waals surface area contributed by atoms with E-state index in [0.717, 1.165) is 12.8 Å². The summed E-state index contributed by atoms with van der Waals surface area (Å²) < 4.78 is 5.11. The average Bonchev–Trinajstić information content (AvgIpc) is 2.26. The summed E-state index contributed by atoms with van der Waals surface area (Å²) in [6, 6.07) is 0. The summed E-state index contributed by atoms with van der Waals surface area (Å²) >= 11 is 0. The first-order valence-corrected chi connectivity index (χ1v) is 6.05. The summed E-state index contributed by atoms with van der Waals surface area (Å²) in [6.45, 7) is 6.26. The third-order valence-electron chi connectivity index (χ3n) is 3.11. The molecule has 0 aliphatic carbocycles. The number of carboxylic acids is 1. The third-order valence-corrected chi connectivity index (χ3v) is 3.11. The van der Waals surface area contributed by atoms with Crippen molar-refractivity contribution >= 4 is 12.1 Å². The summed E-state index contributed by atoms with van der Waals surface area (Å²) in [7, 11) is 0. The number of hydrogen-bond donors (Lipinski definition) is 1. The molecule has 0 saturated carbocycles. The van der Waals surface area contributed by atoms with Crippen LogP contribution in [0.25, 0.3) is 0 Å². The fourth-order valence-corrected chi connectivity index (χ4v) is 1.95. The van der Waals surface area contributed by atoms with Crippen LogP contribution in [0.5, 0.6) is 0 Å². The number of carbonyl (C=O) groups excluding carboxylic acids is 1. The molecule has 1 atom stereocenters. The summed E-state index contributed by atoms with van der Waals surface area (Å²) in [5.41, 5.74) is -1.12. The van der Waals surface area contributed by atoms with E-state index in [1.54, 1.807) is 6.92 Å². The molecule has 0 aromatic heterocycles. The minimum atomic E-state index is -1.12. The zero-order chi connectivity index (χ0) is 13.1. The quantitative estimate of drug-likeness (QED) is 0.824. The lowest BCUT2D eigenvalue weighted by Gasteiger charge is -2.40. The molecule has 0 aromatic carbocycles. The molecule has 5 nitrogen and oxygen atoms in total. The minimum Gasteiger partial charge on any atom is -0.480 e. The van der Waals surface area contributed by atoms with Gasteiger partial charge in [-0.1, -0.05) is 13.8 Å². The number of rotatable bonds is 3. The van der Waals surface area contributed by atoms with E-state index in [1.165, 1.54) is 4.90 Å². The molecule has 17 heavy (non-hydrogen) atoms. The van der Waals surface area contributed by atoms with Crippen LogP contribution >= 0.6 is 0 Å². The van der Waals surface area contributed by atoms with Crippen molar-refractivity contribution in [1.29, 1.82) is 0 Å². The molecule has 1 saturated heterocycles. The minimum absolute atomic E-state index is 0.250. The summed E-state index contributed by atoms with van der Waals surface area (Å²) in [6.07, 6.45) is 1.64. The van der Waals surface area contributed by atoms with Crippen molar-refractivity contribution in [3.8, 4) is 0 Å². The molecule has 0 spiro atoms. The Hall–Kier alpha value is -1.26. The Morgan fingerprint density at radius 1 is 1.41 bits per heavy atom. The number of amides is 1. The Balaban J connectivity index is 2.71. The van der Waals surface area contributed by atoms with Gasteiger partial charge in [-0.25, -0.2) is 9.59 Å². The van der Waals surface area contributed by atoms with Gasteiger partial charge in [-0.15, -0.1) is 0 Å². The zero-order valence-corrected chi connectivity index (χ0v) is 10.7. The maximum Gasteiger partial charge on any atom is 0.410 e. The number of carboxylic acid groups (broad SMARTS) is 1. The second-order valence-electron chi connectivity index (χ2n) is 5.16. The van der Waals surface area contributed by atoms with Crippen molar-refractivity contribution in [3.05, 3.63) is 0 Å². The third kappa shape index (κ3) is 3.11. The van der Waals surface area contributed by atoms with Crippen molar-refractivity contribution in [3.63, 3.8) is 0 Å². The van der Waals surface area contributed by atoms with Gasteiger partial charge in [-0.05, 0) is 32.1 Å². The molecule has 1 fully saturated rings. The number of carbonyl (C=O) groups is 2. The van der Waals surface area contributed by atoms with E-state index < -0.39 is 17.6 Å². The average molecular weight is 243 g/mol. The molecule has 1 N–H and O–H groups in total. The smallest absolute Gasteiger partial charge is 0.410 e. The van der Waals surface area contributed by atoms with Crippen LogP contribution in [-0.2, 0) is 9.53 Å². The number of ether oxygens (including phenoxy) is 1.